The zero-order valence-electron chi connectivity index (χ0n) is 13.3. The summed E-state index contributed by atoms with van der Waals surface area (Å²) in [5, 5.41) is 0. The Hall–Kier alpha value is -1.56. The molecular formula is C17H22FNO3S. The second-order valence-electron chi connectivity index (χ2n) is 5.55. The minimum atomic E-state index is -0.256. The summed E-state index contributed by atoms with van der Waals surface area (Å²) in [4.78, 5) is 25.8. The number of rotatable bonds is 6. The normalized spacial score (nSPS) is 17.8. The maximum atomic E-state index is 12.8. The van der Waals surface area contributed by atoms with Gasteiger partial charge in [0, 0.05) is 18.8 Å². The van der Waals surface area contributed by atoms with E-state index in [1.807, 2.05) is 0 Å². The fourth-order valence-corrected chi connectivity index (χ4v) is 3.47. The van der Waals surface area contributed by atoms with Gasteiger partial charge < -0.3 is 9.64 Å². The molecule has 0 aromatic heterocycles. The lowest BCUT2D eigenvalue weighted by molar-refractivity contribution is -0.151. The van der Waals surface area contributed by atoms with Crippen molar-refractivity contribution in [3.05, 3.63) is 35.6 Å². The van der Waals surface area contributed by atoms with Crippen molar-refractivity contribution in [2.75, 3.05) is 25.4 Å². The third kappa shape index (κ3) is 5.53. The zero-order chi connectivity index (χ0) is 16.7. The van der Waals surface area contributed by atoms with Crippen molar-refractivity contribution in [1.29, 1.82) is 0 Å². The number of carbonyl (C=O) groups excluding carboxylic acids is 2. The third-order valence-electron chi connectivity index (χ3n) is 3.80. The Morgan fingerprint density at radius 2 is 2.09 bits per heavy atom. The number of piperidine rings is 1. The van der Waals surface area contributed by atoms with Crippen molar-refractivity contribution < 1.29 is 18.7 Å². The van der Waals surface area contributed by atoms with Crippen molar-refractivity contribution in [3.8, 4) is 0 Å². The summed E-state index contributed by atoms with van der Waals surface area (Å²) in [5.41, 5.74) is 0.993. The van der Waals surface area contributed by atoms with E-state index < -0.39 is 0 Å². The molecule has 0 saturated carbocycles. The molecule has 23 heavy (non-hydrogen) atoms. The van der Waals surface area contributed by atoms with E-state index in [0.717, 1.165) is 18.4 Å². The summed E-state index contributed by atoms with van der Waals surface area (Å²) in [6.45, 7) is 3.31. The van der Waals surface area contributed by atoms with Crippen molar-refractivity contribution in [2.24, 2.45) is 5.92 Å². The van der Waals surface area contributed by atoms with Gasteiger partial charge in [0.2, 0.25) is 5.91 Å². The van der Waals surface area contributed by atoms with E-state index in [4.69, 9.17) is 4.74 Å². The molecule has 1 fully saturated rings. The van der Waals surface area contributed by atoms with Gasteiger partial charge in [0.05, 0.1) is 18.3 Å². The van der Waals surface area contributed by atoms with Crippen molar-refractivity contribution >= 4 is 23.6 Å². The molecule has 1 atom stereocenters. The van der Waals surface area contributed by atoms with Gasteiger partial charge in [0.25, 0.3) is 0 Å². The van der Waals surface area contributed by atoms with E-state index in [1.165, 1.54) is 23.9 Å². The van der Waals surface area contributed by atoms with E-state index in [-0.39, 0.29) is 23.6 Å². The van der Waals surface area contributed by atoms with Crippen molar-refractivity contribution in [1.82, 2.24) is 4.90 Å². The fourth-order valence-electron chi connectivity index (χ4n) is 2.58. The van der Waals surface area contributed by atoms with Crippen LogP contribution in [0.1, 0.15) is 25.3 Å². The number of hydrogen-bond acceptors (Lipinski definition) is 4. The molecule has 0 unspecified atom stereocenters. The maximum absolute atomic E-state index is 12.8. The predicted octanol–water partition coefficient (Wildman–Crippen LogP) is 2.86. The Bertz CT molecular complexity index is 535. The van der Waals surface area contributed by atoms with Crippen LogP contribution in [-0.4, -0.2) is 42.2 Å². The summed E-state index contributed by atoms with van der Waals surface area (Å²) in [6.07, 6.45) is 1.61. The number of halogens is 1. The Morgan fingerprint density at radius 1 is 1.35 bits per heavy atom. The highest BCUT2D eigenvalue weighted by Crippen LogP contribution is 2.20. The number of thioether (sulfide) groups is 1. The number of ether oxygens (including phenoxy) is 1. The second kappa shape index (κ2) is 8.91. The van der Waals surface area contributed by atoms with Crippen LogP contribution >= 0.6 is 11.8 Å². The van der Waals surface area contributed by atoms with Crippen molar-refractivity contribution in [2.45, 2.75) is 25.5 Å². The number of likely N-dealkylation sites (tertiary alicyclic amines) is 1. The molecule has 1 aromatic carbocycles. The number of benzene rings is 1. The standard InChI is InChI=1S/C17H22FNO3S/c1-2-22-17(21)14-4-3-9-19(10-14)16(20)12-23-11-13-5-7-15(18)8-6-13/h5-8,14H,2-4,9-12H2,1H3/t14-/m0/s1. The highest BCUT2D eigenvalue weighted by Gasteiger charge is 2.29. The van der Waals surface area contributed by atoms with Gasteiger partial charge in [-0.15, -0.1) is 11.8 Å². The van der Waals surface area contributed by atoms with Gasteiger partial charge >= 0.3 is 5.97 Å². The number of carbonyl (C=O) groups is 2. The molecule has 4 nitrogen and oxygen atoms in total. The van der Waals surface area contributed by atoms with Crippen LogP contribution in [0.5, 0.6) is 0 Å². The molecule has 0 bridgehead atoms. The average molecular weight is 339 g/mol. The van der Waals surface area contributed by atoms with Crippen LogP contribution in [0.2, 0.25) is 0 Å². The van der Waals surface area contributed by atoms with Gasteiger partial charge in [-0.25, -0.2) is 4.39 Å². The Labute approximate surface area is 140 Å². The largest absolute Gasteiger partial charge is 0.466 e. The molecule has 0 aliphatic carbocycles. The van der Waals surface area contributed by atoms with E-state index in [1.54, 1.807) is 24.0 Å². The van der Waals surface area contributed by atoms with E-state index in [2.05, 4.69) is 0 Å². The summed E-state index contributed by atoms with van der Waals surface area (Å²) < 4.78 is 17.9. The molecule has 6 heteroatoms. The lowest BCUT2D eigenvalue weighted by Crippen LogP contribution is -2.43. The van der Waals surface area contributed by atoms with Crippen molar-refractivity contribution in [3.63, 3.8) is 0 Å². The molecule has 126 valence electrons. The molecule has 1 amide bonds. The molecule has 1 heterocycles. The molecule has 2 rings (SSSR count). The van der Waals surface area contributed by atoms with Crippen LogP contribution in [0, 0.1) is 11.7 Å². The van der Waals surface area contributed by atoms with E-state index in [0.29, 0.717) is 31.2 Å². The van der Waals surface area contributed by atoms with Gasteiger partial charge in [0.1, 0.15) is 5.82 Å². The molecule has 1 aliphatic rings. The van der Waals surface area contributed by atoms with E-state index >= 15 is 0 Å². The Balaban J connectivity index is 1.76. The third-order valence-corrected chi connectivity index (χ3v) is 4.79. The summed E-state index contributed by atoms with van der Waals surface area (Å²) in [5.74, 6) is 0.423. The van der Waals surface area contributed by atoms with Gasteiger partial charge in [-0.2, -0.15) is 0 Å². The van der Waals surface area contributed by atoms with Crippen LogP contribution in [0.15, 0.2) is 24.3 Å². The second-order valence-corrected chi connectivity index (χ2v) is 6.54. The van der Waals surface area contributed by atoms with Crippen LogP contribution in [0.25, 0.3) is 0 Å². The fraction of sp³-hybridized carbons (Fsp3) is 0.529. The monoisotopic (exact) mass is 339 g/mol. The minimum absolute atomic E-state index is 0.0473. The number of esters is 1. The molecule has 0 N–H and O–H groups in total. The average Bonchev–Trinajstić information content (AvgIpc) is 2.57. The summed E-state index contributed by atoms with van der Waals surface area (Å²) >= 11 is 1.50. The SMILES string of the molecule is CCOC(=O)[C@H]1CCCN(C(=O)CSCc2ccc(F)cc2)C1. The molecular weight excluding hydrogens is 317 g/mol. The zero-order valence-corrected chi connectivity index (χ0v) is 14.1. The topological polar surface area (TPSA) is 46.6 Å². The molecule has 0 spiro atoms. The number of amides is 1. The lowest BCUT2D eigenvalue weighted by Gasteiger charge is -2.31. The maximum Gasteiger partial charge on any atom is 0.310 e. The highest BCUT2D eigenvalue weighted by molar-refractivity contribution is 7.99. The highest BCUT2D eigenvalue weighted by atomic mass is 32.2. The van der Waals surface area contributed by atoms with Gasteiger partial charge in [-0.3, -0.25) is 9.59 Å². The van der Waals surface area contributed by atoms with Gasteiger partial charge in [-0.05, 0) is 37.5 Å². The first-order chi connectivity index (χ1) is 11.1. The number of hydrogen-bond donors (Lipinski definition) is 0. The summed E-state index contributed by atoms with van der Waals surface area (Å²) in [7, 11) is 0. The predicted molar refractivity (Wildman–Crippen MR) is 88.5 cm³/mol. The Morgan fingerprint density at radius 3 is 2.78 bits per heavy atom. The molecule has 1 aliphatic heterocycles. The van der Waals surface area contributed by atoms with Crippen LogP contribution < -0.4 is 0 Å². The molecule has 1 saturated heterocycles. The van der Waals surface area contributed by atoms with Gasteiger partial charge in [0.15, 0.2) is 0 Å². The number of nitrogens with zero attached hydrogens (tertiary/aromatic N) is 1. The summed E-state index contributed by atoms with van der Waals surface area (Å²) in [6, 6.07) is 6.30. The van der Waals surface area contributed by atoms with Crippen LogP contribution in [0.4, 0.5) is 4.39 Å². The van der Waals surface area contributed by atoms with Gasteiger partial charge in [-0.1, -0.05) is 12.1 Å². The van der Waals surface area contributed by atoms with Crippen LogP contribution in [-0.2, 0) is 20.1 Å². The molecule has 0 radical (unpaired) electrons. The smallest absolute Gasteiger partial charge is 0.310 e. The van der Waals surface area contributed by atoms with E-state index in [9.17, 15) is 14.0 Å². The first kappa shape index (κ1) is 17.8. The quantitative estimate of drug-likeness (QED) is 0.748. The minimum Gasteiger partial charge on any atom is -0.466 e. The first-order valence-electron chi connectivity index (χ1n) is 7.86. The molecule has 1 aromatic rings. The lowest BCUT2D eigenvalue weighted by atomic mass is 9.98. The Kier molecular flexibility index (Phi) is 6.89. The first-order valence-corrected chi connectivity index (χ1v) is 9.02. The van der Waals surface area contributed by atoms with Crippen LogP contribution in [0.3, 0.4) is 0 Å².